The third kappa shape index (κ3) is 4.18. The fourth-order valence-corrected chi connectivity index (χ4v) is 4.93. The van der Waals surface area contributed by atoms with E-state index < -0.39 is 0 Å². The van der Waals surface area contributed by atoms with Gasteiger partial charge in [0.05, 0.1) is 28.8 Å². The second-order valence-electron chi connectivity index (χ2n) is 7.21. The van der Waals surface area contributed by atoms with Crippen LogP contribution in [0.3, 0.4) is 0 Å². The molecule has 0 amide bonds. The van der Waals surface area contributed by atoms with Gasteiger partial charge in [-0.25, -0.2) is 4.98 Å². The number of ether oxygens (including phenoxy) is 1. The van der Waals surface area contributed by atoms with E-state index in [1.165, 1.54) is 11.1 Å². The van der Waals surface area contributed by atoms with Crippen molar-refractivity contribution in [1.29, 1.82) is 0 Å². The molecule has 0 N–H and O–H groups in total. The normalized spacial score (nSPS) is 12.4. The smallest absolute Gasteiger partial charge is 0.262 e. The summed E-state index contributed by atoms with van der Waals surface area (Å²) >= 11 is 1.60. The fourth-order valence-electron chi connectivity index (χ4n) is 3.60. The lowest BCUT2D eigenvalue weighted by molar-refractivity contribution is 0.156. The second-order valence-corrected chi connectivity index (χ2v) is 8.28. The molecule has 5 heteroatoms. The van der Waals surface area contributed by atoms with E-state index in [1.807, 2.05) is 67.6 Å². The topological polar surface area (TPSA) is 44.1 Å². The zero-order valence-electron chi connectivity index (χ0n) is 17.1. The minimum atomic E-state index is -0.130. The molecule has 0 aliphatic heterocycles. The van der Waals surface area contributed by atoms with E-state index >= 15 is 0 Å². The van der Waals surface area contributed by atoms with Gasteiger partial charge in [-0.05, 0) is 30.2 Å². The van der Waals surface area contributed by atoms with Gasteiger partial charge in [-0.15, -0.1) is 0 Å². The Kier molecular flexibility index (Phi) is 6.31. The Balaban J connectivity index is 1.88. The predicted molar refractivity (Wildman–Crippen MR) is 123 cm³/mol. The van der Waals surface area contributed by atoms with E-state index in [4.69, 9.17) is 9.72 Å². The summed E-state index contributed by atoms with van der Waals surface area (Å²) in [5, 5.41) is 1.34. The summed E-state index contributed by atoms with van der Waals surface area (Å²) in [6, 6.07) is 28.1. The lowest BCUT2D eigenvalue weighted by Crippen LogP contribution is -2.28. The zero-order valence-corrected chi connectivity index (χ0v) is 17.9. The number of para-hydroxylation sites is 1. The van der Waals surface area contributed by atoms with Crippen LogP contribution in [0.1, 0.15) is 29.3 Å². The largest absolute Gasteiger partial charge is 0.383 e. The van der Waals surface area contributed by atoms with E-state index in [1.54, 1.807) is 23.4 Å². The number of rotatable bonds is 7. The average Bonchev–Trinajstić information content (AvgIpc) is 2.79. The second kappa shape index (κ2) is 9.28. The van der Waals surface area contributed by atoms with E-state index in [0.29, 0.717) is 22.7 Å². The van der Waals surface area contributed by atoms with Crippen molar-refractivity contribution < 1.29 is 4.74 Å². The van der Waals surface area contributed by atoms with Gasteiger partial charge in [-0.3, -0.25) is 9.36 Å². The fraction of sp³-hybridized carbons (Fsp3) is 0.200. The minimum Gasteiger partial charge on any atom is -0.383 e. The van der Waals surface area contributed by atoms with Crippen molar-refractivity contribution >= 4 is 22.7 Å². The van der Waals surface area contributed by atoms with Crippen LogP contribution in [0.5, 0.6) is 0 Å². The number of hydrogen-bond acceptors (Lipinski definition) is 4. The Morgan fingerprint density at radius 3 is 2.07 bits per heavy atom. The monoisotopic (exact) mass is 416 g/mol. The van der Waals surface area contributed by atoms with E-state index in [-0.39, 0.29) is 16.9 Å². The molecular weight excluding hydrogens is 392 g/mol. The van der Waals surface area contributed by atoms with Crippen molar-refractivity contribution in [1.82, 2.24) is 9.55 Å². The molecule has 4 rings (SSSR count). The molecule has 0 fully saturated rings. The maximum atomic E-state index is 13.4. The molecule has 1 unspecified atom stereocenters. The van der Waals surface area contributed by atoms with Crippen LogP contribution < -0.4 is 5.56 Å². The number of hydrogen-bond donors (Lipinski definition) is 0. The number of thioether (sulfide) groups is 1. The van der Waals surface area contributed by atoms with Crippen molar-refractivity contribution in [3.8, 4) is 0 Å². The number of fused-ring (bicyclic) bond motifs is 1. The standard InChI is InChI=1S/C25H24N2O2S/c1-18(17-29-2)27-24(28)21-15-9-10-16-22(21)26-25(27)30-23(19-11-5-3-6-12-19)20-13-7-4-8-14-20/h3-16,18,23H,17H2,1-2H3. The van der Waals surface area contributed by atoms with Gasteiger partial charge in [-0.1, -0.05) is 84.6 Å². The molecule has 1 aromatic heterocycles. The van der Waals surface area contributed by atoms with Gasteiger partial charge in [-0.2, -0.15) is 0 Å². The van der Waals surface area contributed by atoms with Gasteiger partial charge in [0.2, 0.25) is 0 Å². The third-order valence-corrected chi connectivity index (χ3v) is 6.33. The maximum absolute atomic E-state index is 13.4. The van der Waals surface area contributed by atoms with Gasteiger partial charge in [0.15, 0.2) is 5.16 Å². The van der Waals surface area contributed by atoms with Crippen LogP contribution in [0, 0.1) is 0 Å². The molecule has 0 spiro atoms. The Morgan fingerprint density at radius 2 is 1.47 bits per heavy atom. The summed E-state index contributed by atoms with van der Waals surface area (Å²) in [4.78, 5) is 18.3. The van der Waals surface area contributed by atoms with Crippen LogP contribution in [0.15, 0.2) is 94.9 Å². The first kappa shape index (κ1) is 20.4. The molecule has 1 atom stereocenters. The van der Waals surface area contributed by atoms with Crippen LogP contribution in [0.25, 0.3) is 10.9 Å². The van der Waals surface area contributed by atoms with Crippen molar-refractivity contribution in [3.63, 3.8) is 0 Å². The Labute approximate surface area is 180 Å². The van der Waals surface area contributed by atoms with Crippen molar-refractivity contribution in [2.45, 2.75) is 23.4 Å². The molecule has 0 saturated carbocycles. The van der Waals surface area contributed by atoms with Crippen LogP contribution in [-0.2, 0) is 4.74 Å². The van der Waals surface area contributed by atoms with Gasteiger partial charge in [0, 0.05) is 7.11 Å². The Morgan fingerprint density at radius 1 is 0.900 bits per heavy atom. The molecule has 1 heterocycles. The van der Waals surface area contributed by atoms with E-state index in [2.05, 4.69) is 24.3 Å². The molecule has 0 aliphatic carbocycles. The lowest BCUT2D eigenvalue weighted by atomic mass is 10.0. The first-order valence-corrected chi connectivity index (χ1v) is 10.8. The molecule has 0 saturated heterocycles. The maximum Gasteiger partial charge on any atom is 0.262 e. The number of nitrogens with zero attached hydrogens (tertiary/aromatic N) is 2. The minimum absolute atomic E-state index is 0.0152. The first-order valence-electron chi connectivity index (χ1n) is 9.96. The summed E-state index contributed by atoms with van der Waals surface area (Å²) in [6.45, 7) is 2.43. The third-order valence-electron chi connectivity index (χ3n) is 5.05. The lowest BCUT2D eigenvalue weighted by Gasteiger charge is -2.23. The molecule has 0 bridgehead atoms. The van der Waals surface area contributed by atoms with Gasteiger partial charge < -0.3 is 4.74 Å². The first-order chi connectivity index (χ1) is 14.7. The van der Waals surface area contributed by atoms with Crippen LogP contribution >= 0.6 is 11.8 Å². The van der Waals surface area contributed by atoms with Gasteiger partial charge in [0.1, 0.15) is 0 Å². The van der Waals surface area contributed by atoms with Gasteiger partial charge >= 0.3 is 0 Å². The van der Waals surface area contributed by atoms with Crippen molar-refractivity contribution in [2.75, 3.05) is 13.7 Å². The highest BCUT2D eigenvalue weighted by Crippen LogP contribution is 2.40. The number of benzene rings is 3. The van der Waals surface area contributed by atoms with Crippen molar-refractivity contribution in [2.24, 2.45) is 0 Å². The molecule has 3 aromatic carbocycles. The number of methoxy groups -OCH3 is 1. The summed E-state index contributed by atoms with van der Waals surface area (Å²) in [6.07, 6.45) is 0. The Bertz CT molecular complexity index is 1140. The highest BCUT2D eigenvalue weighted by Gasteiger charge is 2.22. The van der Waals surface area contributed by atoms with E-state index in [0.717, 1.165) is 0 Å². The molecule has 152 valence electrons. The zero-order chi connectivity index (χ0) is 20.9. The summed E-state index contributed by atoms with van der Waals surface area (Å²) < 4.78 is 7.13. The average molecular weight is 417 g/mol. The van der Waals surface area contributed by atoms with Crippen LogP contribution in [-0.4, -0.2) is 23.3 Å². The highest BCUT2D eigenvalue weighted by molar-refractivity contribution is 7.99. The molecule has 0 aliphatic rings. The van der Waals surface area contributed by atoms with Crippen molar-refractivity contribution in [3.05, 3.63) is 106 Å². The molecule has 4 aromatic rings. The predicted octanol–water partition coefficient (Wildman–Crippen LogP) is 5.49. The SMILES string of the molecule is COCC(C)n1c(SC(c2ccccc2)c2ccccc2)nc2ccccc2c1=O. The number of aromatic nitrogens is 2. The Hall–Kier alpha value is -2.89. The molecular formula is C25H24N2O2S. The summed E-state index contributed by atoms with van der Waals surface area (Å²) in [5.74, 6) is 0. The summed E-state index contributed by atoms with van der Waals surface area (Å²) in [7, 11) is 1.65. The van der Waals surface area contributed by atoms with Crippen LogP contribution in [0.2, 0.25) is 0 Å². The van der Waals surface area contributed by atoms with E-state index in [9.17, 15) is 4.79 Å². The van der Waals surface area contributed by atoms with Gasteiger partial charge in [0.25, 0.3) is 5.56 Å². The molecule has 30 heavy (non-hydrogen) atoms. The summed E-state index contributed by atoms with van der Waals surface area (Å²) in [5.41, 5.74) is 3.02. The molecule has 4 nitrogen and oxygen atoms in total. The van der Waals surface area contributed by atoms with Crippen LogP contribution in [0.4, 0.5) is 0 Å². The highest BCUT2D eigenvalue weighted by atomic mass is 32.2. The quantitative estimate of drug-likeness (QED) is 0.295. The molecule has 0 radical (unpaired) electrons.